The molecule has 3 aromatic rings. The van der Waals surface area contributed by atoms with Crippen molar-refractivity contribution in [2.24, 2.45) is 0 Å². The summed E-state index contributed by atoms with van der Waals surface area (Å²) >= 11 is 0. The van der Waals surface area contributed by atoms with Gasteiger partial charge in [-0.15, -0.1) is 0 Å². The van der Waals surface area contributed by atoms with Gasteiger partial charge in [-0.2, -0.15) is 5.10 Å². The summed E-state index contributed by atoms with van der Waals surface area (Å²) in [7, 11) is -3.93. The lowest BCUT2D eigenvalue weighted by atomic mass is 10.3. The Balaban J connectivity index is 2.12. The Labute approximate surface area is 143 Å². The van der Waals surface area contributed by atoms with Gasteiger partial charge in [0.2, 0.25) is 11.2 Å². The normalized spacial score (nSPS) is 11.1. The molecule has 0 aliphatic carbocycles. The molecule has 9 heteroatoms. The second kappa shape index (κ2) is 6.33. The van der Waals surface area contributed by atoms with Gasteiger partial charge in [0.05, 0.1) is 10.6 Å². The van der Waals surface area contributed by atoms with Crippen molar-refractivity contribution in [3.63, 3.8) is 0 Å². The fraction of sp³-hybridized carbons (Fsp3) is 0.0625. The molecule has 0 saturated carbocycles. The zero-order chi connectivity index (χ0) is 18.0. The topological polar surface area (TPSA) is 92.1 Å². The Morgan fingerprint density at radius 2 is 1.76 bits per heavy atom. The molecule has 0 unspecified atom stereocenters. The fourth-order valence-electron chi connectivity index (χ4n) is 2.29. The molecule has 1 heterocycles. The second-order valence-electron chi connectivity index (χ2n) is 5.19. The fourth-order valence-corrected chi connectivity index (χ4v) is 3.36. The maximum Gasteiger partial charge on any atom is 0.450 e. The summed E-state index contributed by atoms with van der Waals surface area (Å²) < 4.78 is 41.9. The molecule has 0 saturated heterocycles. The number of nitrogens with one attached hydrogen (secondary N) is 1. The van der Waals surface area contributed by atoms with Crippen molar-refractivity contribution in [2.75, 3.05) is 4.72 Å². The van der Waals surface area contributed by atoms with Gasteiger partial charge in [-0.05, 0) is 43.3 Å². The second-order valence-corrected chi connectivity index (χ2v) is 6.87. The number of diazo groups is 1. The summed E-state index contributed by atoms with van der Waals surface area (Å²) in [5, 5.41) is 13.4. The smallest absolute Gasteiger partial charge is 0.256 e. The van der Waals surface area contributed by atoms with Crippen molar-refractivity contribution in [1.82, 2.24) is 9.78 Å². The summed E-state index contributed by atoms with van der Waals surface area (Å²) in [5.74, 6) is -0.485. The molecule has 25 heavy (non-hydrogen) atoms. The van der Waals surface area contributed by atoms with Gasteiger partial charge in [0.1, 0.15) is 5.82 Å². The molecule has 0 fully saturated rings. The minimum atomic E-state index is -3.93. The number of anilines is 1. The van der Waals surface area contributed by atoms with Crippen molar-refractivity contribution in [3.05, 3.63) is 71.1 Å². The van der Waals surface area contributed by atoms with Crippen LogP contribution in [0, 0.1) is 18.1 Å². The Hall–Kier alpha value is -3.25. The van der Waals surface area contributed by atoms with E-state index in [2.05, 4.69) is 14.8 Å². The minimum Gasteiger partial charge on any atom is -0.256 e. The van der Waals surface area contributed by atoms with Gasteiger partial charge in [-0.1, -0.05) is 18.2 Å². The van der Waals surface area contributed by atoms with E-state index in [1.54, 1.807) is 25.1 Å². The third-order valence-corrected chi connectivity index (χ3v) is 4.84. The standard InChI is InChI=1S/C16H13FN5O2S/c1-11-15(19-18)16(21-25(23,24)14-5-3-2-4-6-14)22(20-11)13-9-7-12(17)8-10-13/h2-10,21H,1H3/q+1. The first-order valence-corrected chi connectivity index (χ1v) is 8.69. The predicted octanol–water partition coefficient (Wildman–Crippen LogP) is 3.61. The van der Waals surface area contributed by atoms with Gasteiger partial charge >= 0.3 is 5.69 Å². The third kappa shape index (κ3) is 3.20. The van der Waals surface area contributed by atoms with Crippen LogP contribution in [-0.4, -0.2) is 18.2 Å². The summed E-state index contributed by atoms with van der Waals surface area (Å²) in [6.45, 7) is 1.56. The van der Waals surface area contributed by atoms with Crippen LogP contribution in [-0.2, 0) is 10.0 Å². The van der Waals surface area contributed by atoms with Crippen molar-refractivity contribution in [1.29, 1.82) is 5.39 Å². The SMILES string of the molecule is Cc1nn(-c2ccc(F)cc2)c(NS(=O)(=O)c2ccccc2)c1[N+]#N. The van der Waals surface area contributed by atoms with Crippen LogP contribution in [0.4, 0.5) is 15.9 Å². The van der Waals surface area contributed by atoms with Crippen LogP contribution in [0.25, 0.3) is 10.7 Å². The average molecular weight is 358 g/mol. The number of aromatic nitrogens is 2. The zero-order valence-electron chi connectivity index (χ0n) is 13.1. The van der Waals surface area contributed by atoms with E-state index in [1.165, 1.54) is 41.1 Å². The molecule has 0 atom stereocenters. The molecular weight excluding hydrogens is 345 g/mol. The van der Waals surface area contributed by atoms with Crippen LogP contribution in [0.15, 0.2) is 59.5 Å². The highest BCUT2D eigenvalue weighted by atomic mass is 32.2. The number of nitrogens with zero attached hydrogens (tertiary/aromatic N) is 4. The first kappa shape index (κ1) is 16.6. The van der Waals surface area contributed by atoms with E-state index in [0.717, 1.165) is 0 Å². The highest BCUT2D eigenvalue weighted by molar-refractivity contribution is 7.92. The van der Waals surface area contributed by atoms with Crippen LogP contribution < -0.4 is 4.72 Å². The maximum atomic E-state index is 13.1. The zero-order valence-corrected chi connectivity index (χ0v) is 13.9. The average Bonchev–Trinajstić information content (AvgIpc) is 2.91. The summed E-state index contributed by atoms with van der Waals surface area (Å²) in [6, 6.07) is 13.1. The van der Waals surface area contributed by atoms with E-state index < -0.39 is 15.8 Å². The molecule has 0 aliphatic heterocycles. The number of aryl methyl sites for hydroxylation is 1. The van der Waals surface area contributed by atoms with E-state index in [9.17, 15) is 18.2 Å². The Morgan fingerprint density at radius 3 is 2.36 bits per heavy atom. The Bertz CT molecular complexity index is 1050. The molecule has 0 spiro atoms. The Morgan fingerprint density at radius 1 is 1.12 bits per heavy atom. The van der Waals surface area contributed by atoms with Gasteiger partial charge in [0.15, 0.2) is 10.7 Å². The lowest BCUT2D eigenvalue weighted by Gasteiger charge is -2.09. The van der Waals surface area contributed by atoms with E-state index in [0.29, 0.717) is 11.4 Å². The molecule has 2 aromatic carbocycles. The molecule has 0 amide bonds. The summed E-state index contributed by atoms with van der Waals surface area (Å²) in [4.78, 5) is 3.17. The third-order valence-electron chi connectivity index (χ3n) is 3.48. The van der Waals surface area contributed by atoms with E-state index in [4.69, 9.17) is 0 Å². The van der Waals surface area contributed by atoms with E-state index in [-0.39, 0.29) is 16.4 Å². The van der Waals surface area contributed by atoms with E-state index >= 15 is 0 Å². The molecule has 7 nitrogen and oxygen atoms in total. The lowest BCUT2D eigenvalue weighted by molar-refractivity contribution is 0.600. The summed E-state index contributed by atoms with van der Waals surface area (Å²) in [5.41, 5.74) is 0.687. The maximum absolute atomic E-state index is 13.1. The molecular formula is C16H13FN5O2S+. The van der Waals surface area contributed by atoms with Gasteiger partial charge in [0, 0.05) is 0 Å². The quantitative estimate of drug-likeness (QED) is 0.721. The van der Waals surface area contributed by atoms with Crippen LogP contribution in [0.5, 0.6) is 0 Å². The minimum absolute atomic E-state index is 0.0242. The molecule has 1 N–H and O–H groups in total. The van der Waals surface area contributed by atoms with Crippen LogP contribution in [0.1, 0.15) is 5.69 Å². The number of benzene rings is 2. The van der Waals surface area contributed by atoms with Crippen LogP contribution >= 0.6 is 0 Å². The predicted molar refractivity (Wildman–Crippen MR) is 90.3 cm³/mol. The van der Waals surface area contributed by atoms with Crippen LogP contribution in [0.3, 0.4) is 0 Å². The molecule has 0 radical (unpaired) electrons. The number of halogens is 1. The first-order chi connectivity index (χ1) is 11.9. The number of hydrogen-bond acceptors (Lipinski definition) is 4. The Kier molecular flexibility index (Phi) is 4.21. The van der Waals surface area contributed by atoms with Gasteiger partial charge in [-0.3, -0.25) is 4.72 Å². The molecule has 126 valence electrons. The van der Waals surface area contributed by atoms with Gasteiger partial charge in [0.25, 0.3) is 10.0 Å². The van der Waals surface area contributed by atoms with Crippen molar-refractivity contribution in [3.8, 4) is 5.69 Å². The first-order valence-electron chi connectivity index (χ1n) is 7.21. The molecule has 1 aromatic heterocycles. The number of hydrogen-bond donors (Lipinski definition) is 1. The lowest BCUT2D eigenvalue weighted by Crippen LogP contribution is -2.16. The highest BCUT2D eigenvalue weighted by Crippen LogP contribution is 2.33. The summed E-state index contributed by atoms with van der Waals surface area (Å²) in [6.07, 6.45) is 0. The largest absolute Gasteiger partial charge is 0.450 e. The molecule has 3 rings (SSSR count). The molecule has 0 bridgehead atoms. The number of rotatable bonds is 4. The highest BCUT2D eigenvalue weighted by Gasteiger charge is 2.30. The van der Waals surface area contributed by atoms with Gasteiger partial charge < -0.3 is 0 Å². The monoisotopic (exact) mass is 358 g/mol. The number of sulfonamides is 1. The van der Waals surface area contributed by atoms with Crippen molar-refractivity contribution < 1.29 is 12.8 Å². The van der Waals surface area contributed by atoms with Gasteiger partial charge in [-0.25, -0.2) is 17.5 Å². The van der Waals surface area contributed by atoms with E-state index in [1.807, 2.05) is 0 Å². The van der Waals surface area contributed by atoms with Crippen LogP contribution in [0.2, 0.25) is 0 Å². The molecule has 0 aliphatic rings. The van der Waals surface area contributed by atoms with Crippen molar-refractivity contribution >= 4 is 21.5 Å². The van der Waals surface area contributed by atoms with Crippen molar-refractivity contribution in [2.45, 2.75) is 11.8 Å².